The molecule has 31 heavy (non-hydrogen) atoms. The lowest BCUT2D eigenvalue weighted by Gasteiger charge is -2.35. The van der Waals surface area contributed by atoms with Crippen molar-refractivity contribution in [2.75, 3.05) is 5.32 Å². The molecule has 6 rings (SSSR count). The lowest BCUT2D eigenvalue weighted by Crippen LogP contribution is -2.42. The molecule has 0 saturated heterocycles. The second-order valence-corrected chi connectivity index (χ2v) is 8.77. The Hall–Kier alpha value is -3.46. The first-order chi connectivity index (χ1) is 15.3. The van der Waals surface area contributed by atoms with Gasteiger partial charge in [0.2, 0.25) is 0 Å². The van der Waals surface area contributed by atoms with Crippen LogP contribution in [-0.4, -0.2) is 11.6 Å². The molecule has 3 nitrogen and oxygen atoms in total. The summed E-state index contributed by atoms with van der Waals surface area (Å²) in [6.07, 6.45) is 5.46. The lowest BCUT2D eigenvalue weighted by atomic mass is 9.67. The summed E-state index contributed by atoms with van der Waals surface area (Å²) in [6.45, 7) is 0. The minimum Gasteiger partial charge on any atom is -0.320 e. The van der Waals surface area contributed by atoms with Gasteiger partial charge in [-0.15, -0.1) is 0 Å². The van der Waals surface area contributed by atoms with Crippen molar-refractivity contribution >= 4 is 44.5 Å². The van der Waals surface area contributed by atoms with Crippen LogP contribution in [0.25, 0.3) is 21.5 Å². The molecular weight excluding hydrogens is 380 g/mol. The third-order valence-electron chi connectivity index (χ3n) is 7.05. The number of carbonyl (C=O) groups excluding carboxylic acids is 1. The van der Waals surface area contributed by atoms with E-state index in [0.717, 1.165) is 53.2 Å². The van der Waals surface area contributed by atoms with E-state index in [-0.39, 0.29) is 11.3 Å². The third kappa shape index (κ3) is 2.80. The Morgan fingerprint density at radius 1 is 0.742 bits per heavy atom. The molecule has 1 amide bonds. The molecule has 0 radical (unpaired) electrons. The van der Waals surface area contributed by atoms with Gasteiger partial charge >= 0.3 is 0 Å². The molecule has 4 aromatic carbocycles. The van der Waals surface area contributed by atoms with Gasteiger partial charge in [0.1, 0.15) is 5.71 Å². The van der Waals surface area contributed by atoms with Crippen molar-refractivity contribution in [1.29, 1.82) is 0 Å². The monoisotopic (exact) mass is 404 g/mol. The summed E-state index contributed by atoms with van der Waals surface area (Å²) < 4.78 is 0. The molecule has 0 atom stereocenters. The summed E-state index contributed by atoms with van der Waals surface area (Å²) >= 11 is 0. The van der Waals surface area contributed by atoms with Crippen molar-refractivity contribution in [3.05, 3.63) is 84.4 Å². The number of carbonyl (C=O) groups is 1. The predicted octanol–water partition coefficient (Wildman–Crippen LogP) is 6.92. The van der Waals surface area contributed by atoms with Crippen molar-refractivity contribution in [3.63, 3.8) is 0 Å². The number of hydrogen-bond donors (Lipinski definition) is 1. The summed E-state index contributed by atoms with van der Waals surface area (Å²) in [7, 11) is 0. The maximum absolute atomic E-state index is 13.7. The fourth-order valence-corrected chi connectivity index (χ4v) is 5.55. The Balaban J connectivity index is 1.47. The van der Waals surface area contributed by atoms with Gasteiger partial charge in [-0.1, -0.05) is 92.1 Å². The molecule has 1 spiro atoms. The van der Waals surface area contributed by atoms with Crippen LogP contribution in [0.4, 0.5) is 11.4 Å². The molecular formula is C28H24N2O. The van der Waals surface area contributed by atoms with Crippen molar-refractivity contribution in [1.82, 2.24) is 0 Å². The van der Waals surface area contributed by atoms with E-state index < -0.39 is 0 Å². The highest BCUT2D eigenvalue weighted by Gasteiger charge is 2.47. The average Bonchev–Trinajstić information content (AvgIpc) is 3.14. The van der Waals surface area contributed by atoms with Crippen molar-refractivity contribution < 1.29 is 4.79 Å². The molecule has 4 aromatic rings. The first kappa shape index (κ1) is 18.3. The summed E-state index contributed by atoms with van der Waals surface area (Å²) in [5.41, 5.74) is 3.48. The number of amides is 1. The molecule has 2 aliphatic rings. The van der Waals surface area contributed by atoms with E-state index in [1.165, 1.54) is 17.4 Å². The summed E-state index contributed by atoms with van der Waals surface area (Å²) in [4.78, 5) is 18.7. The maximum Gasteiger partial charge on any atom is 0.271 e. The largest absolute Gasteiger partial charge is 0.320 e. The fourth-order valence-electron chi connectivity index (χ4n) is 5.55. The lowest BCUT2D eigenvalue weighted by molar-refractivity contribution is -0.110. The van der Waals surface area contributed by atoms with Crippen LogP contribution in [0.1, 0.15) is 37.7 Å². The smallest absolute Gasteiger partial charge is 0.271 e. The molecule has 152 valence electrons. The number of nitrogens with zero attached hydrogens (tertiary/aromatic N) is 1. The van der Waals surface area contributed by atoms with Crippen molar-refractivity contribution in [2.45, 2.75) is 37.5 Å². The first-order valence-corrected chi connectivity index (χ1v) is 11.2. The van der Waals surface area contributed by atoms with E-state index in [2.05, 4.69) is 59.9 Å². The number of nitrogens with one attached hydrogen (secondary N) is 1. The van der Waals surface area contributed by atoms with Gasteiger partial charge in [-0.2, -0.15) is 0 Å². The molecule has 1 N–H and O–H groups in total. The Labute approximate surface area is 181 Å². The van der Waals surface area contributed by atoms with E-state index in [9.17, 15) is 4.79 Å². The highest BCUT2D eigenvalue weighted by Crippen LogP contribution is 2.51. The molecule has 3 heteroatoms. The Morgan fingerprint density at radius 3 is 2.23 bits per heavy atom. The van der Waals surface area contributed by atoms with Gasteiger partial charge in [0, 0.05) is 21.9 Å². The van der Waals surface area contributed by atoms with Crippen LogP contribution in [0, 0.1) is 0 Å². The molecule has 1 heterocycles. The molecule has 1 aliphatic carbocycles. The second kappa shape index (κ2) is 7.05. The molecule has 1 aliphatic heterocycles. The molecule has 0 aromatic heterocycles. The topological polar surface area (TPSA) is 41.5 Å². The van der Waals surface area contributed by atoms with Crippen LogP contribution in [0.5, 0.6) is 0 Å². The zero-order valence-electron chi connectivity index (χ0n) is 17.4. The molecule has 0 bridgehead atoms. The number of hydrogen-bond acceptors (Lipinski definition) is 2. The zero-order valence-corrected chi connectivity index (χ0v) is 17.4. The van der Waals surface area contributed by atoms with Crippen LogP contribution in [0.15, 0.2) is 83.9 Å². The molecule has 1 saturated carbocycles. The minimum absolute atomic E-state index is 0.0708. The standard InChI is InChI=1S/C28H24N2O/c31-27(29-24-14-8-11-19-9-2-4-12-21(19)24)26-28(17-6-1-7-18-28)23-16-15-20-10-3-5-13-22(20)25(23)30-26/h2-5,8-16H,1,6-7,17-18H2,(H,29,31). The molecule has 1 fully saturated rings. The van der Waals surface area contributed by atoms with E-state index in [0.29, 0.717) is 5.71 Å². The van der Waals surface area contributed by atoms with E-state index >= 15 is 0 Å². The minimum atomic E-state index is -0.272. The van der Waals surface area contributed by atoms with Gasteiger partial charge in [0.05, 0.1) is 5.69 Å². The van der Waals surface area contributed by atoms with Gasteiger partial charge in [-0.25, -0.2) is 4.99 Å². The van der Waals surface area contributed by atoms with Gasteiger partial charge in [-0.05, 0) is 35.2 Å². The average molecular weight is 405 g/mol. The highest BCUT2D eigenvalue weighted by atomic mass is 16.2. The third-order valence-corrected chi connectivity index (χ3v) is 7.05. The number of benzene rings is 4. The van der Waals surface area contributed by atoms with Crippen LogP contribution in [0.2, 0.25) is 0 Å². The first-order valence-electron chi connectivity index (χ1n) is 11.2. The normalized spacial score (nSPS) is 17.0. The number of fused-ring (bicyclic) bond motifs is 5. The van der Waals surface area contributed by atoms with Gasteiger partial charge in [0.25, 0.3) is 5.91 Å². The quantitative estimate of drug-likeness (QED) is 0.387. The second-order valence-electron chi connectivity index (χ2n) is 8.77. The van der Waals surface area contributed by atoms with E-state index in [4.69, 9.17) is 4.99 Å². The highest BCUT2D eigenvalue weighted by molar-refractivity contribution is 6.48. The maximum atomic E-state index is 13.7. The Bertz CT molecular complexity index is 1360. The number of aliphatic imine (C=N–C) groups is 1. The summed E-state index contributed by atoms with van der Waals surface area (Å²) in [5, 5.41) is 7.70. The number of rotatable bonds is 2. The molecule has 0 unspecified atom stereocenters. The Morgan fingerprint density at radius 2 is 1.42 bits per heavy atom. The van der Waals surface area contributed by atoms with E-state index in [1.807, 2.05) is 24.3 Å². The van der Waals surface area contributed by atoms with Crippen LogP contribution < -0.4 is 5.32 Å². The van der Waals surface area contributed by atoms with Crippen LogP contribution in [-0.2, 0) is 10.2 Å². The van der Waals surface area contributed by atoms with Crippen LogP contribution in [0.3, 0.4) is 0 Å². The van der Waals surface area contributed by atoms with Gasteiger partial charge in [0.15, 0.2) is 0 Å². The van der Waals surface area contributed by atoms with Crippen LogP contribution >= 0.6 is 0 Å². The van der Waals surface area contributed by atoms with Crippen molar-refractivity contribution in [2.24, 2.45) is 4.99 Å². The summed E-state index contributed by atoms with van der Waals surface area (Å²) in [6, 6.07) is 27.0. The summed E-state index contributed by atoms with van der Waals surface area (Å²) in [5.74, 6) is -0.0708. The SMILES string of the molecule is O=C(Nc1cccc2ccccc12)C1=Nc2c(ccc3ccccc23)C12CCCCC2. The van der Waals surface area contributed by atoms with Crippen molar-refractivity contribution in [3.8, 4) is 0 Å². The zero-order chi connectivity index (χ0) is 20.8. The fraction of sp³-hybridized carbons (Fsp3) is 0.214. The van der Waals surface area contributed by atoms with Gasteiger partial charge < -0.3 is 5.32 Å². The van der Waals surface area contributed by atoms with E-state index in [1.54, 1.807) is 0 Å². The van der Waals surface area contributed by atoms with Gasteiger partial charge in [-0.3, -0.25) is 4.79 Å². The number of anilines is 1. The Kier molecular flexibility index (Phi) is 4.17. The predicted molar refractivity (Wildman–Crippen MR) is 128 cm³/mol.